The summed E-state index contributed by atoms with van der Waals surface area (Å²) in [6, 6.07) is 13.6. The molecule has 0 saturated carbocycles. The summed E-state index contributed by atoms with van der Waals surface area (Å²) in [5.41, 5.74) is 2.18. The van der Waals surface area contributed by atoms with Crippen molar-refractivity contribution in [3.63, 3.8) is 0 Å². The van der Waals surface area contributed by atoms with Crippen LogP contribution in [0, 0.1) is 12.8 Å². The zero-order chi connectivity index (χ0) is 24.0. The second kappa shape index (κ2) is 11.0. The number of piperidine rings is 1. The van der Waals surface area contributed by atoms with Gasteiger partial charge in [-0.25, -0.2) is 0 Å². The van der Waals surface area contributed by atoms with Crippen molar-refractivity contribution >= 4 is 17.7 Å². The van der Waals surface area contributed by atoms with E-state index in [0.717, 1.165) is 5.56 Å². The van der Waals surface area contributed by atoms with Crippen LogP contribution >= 0.6 is 0 Å². The highest BCUT2D eigenvalue weighted by molar-refractivity contribution is 5.98. The fourth-order valence-corrected chi connectivity index (χ4v) is 4.14. The fraction of sp³-hybridized carbons (Fsp3) is 0.423. The SMILES string of the molecule is COc1ccc(C(=O)N[C@H](C(=O)NC(C)C)C2CCN(C(=O)c3cccc(C)c3)CC2)cc1. The Bertz CT molecular complexity index is 979. The Morgan fingerprint density at radius 1 is 0.970 bits per heavy atom. The molecule has 3 amide bonds. The lowest BCUT2D eigenvalue weighted by atomic mass is 9.88. The number of amides is 3. The lowest BCUT2D eigenvalue weighted by Crippen LogP contribution is -2.54. The molecule has 0 aromatic heterocycles. The van der Waals surface area contributed by atoms with Crippen LogP contribution in [0.2, 0.25) is 0 Å². The Morgan fingerprint density at radius 2 is 1.64 bits per heavy atom. The summed E-state index contributed by atoms with van der Waals surface area (Å²) in [5, 5.41) is 5.86. The van der Waals surface area contributed by atoms with Crippen molar-refractivity contribution in [1.29, 1.82) is 0 Å². The van der Waals surface area contributed by atoms with Gasteiger partial charge in [0.05, 0.1) is 7.11 Å². The molecule has 0 radical (unpaired) electrons. The van der Waals surface area contributed by atoms with E-state index in [-0.39, 0.29) is 29.7 Å². The second-order valence-electron chi connectivity index (χ2n) is 8.84. The largest absolute Gasteiger partial charge is 0.497 e. The van der Waals surface area contributed by atoms with Gasteiger partial charge in [0.25, 0.3) is 11.8 Å². The molecular formula is C26H33N3O4. The van der Waals surface area contributed by atoms with Crippen LogP contribution in [0.3, 0.4) is 0 Å². The number of aryl methyl sites for hydroxylation is 1. The number of hydrogen-bond donors (Lipinski definition) is 2. The van der Waals surface area contributed by atoms with E-state index in [1.165, 1.54) is 0 Å². The van der Waals surface area contributed by atoms with Gasteiger partial charge in [-0.1, -0.05) is 17.7 Å². The molecule has 2 N–H and O–H groups in total. The molecule has 0 unspecified atom stereocenters. The van der Waals surface area contributed by atoms with Crippen LogP contribution in [-0.2, 0) is 4.79 Å². The van der Waals surface area contributed by atoms with Gasteiger partial charge < -0.3 is 20.3 Å². The predicted molar refractivity (Wildman–Crippen MR) is 127 cm³/mol. The van der Waals surface area contributed by atoms with E-state index in [0.29, 0.717) is 42.8 Å². The maximum atomic E-state index is 13.0. The van der Waals surface area contributed by atoms with E-state index in [1.54, 1.807) is 31.4 Å². The number of ether oxygens (including phenoxy) is 1. The minimum atomic E-state index is -0.668. The molecule has 7 heteroatoms. The number of carbonyl (C=O) groups excluding carboxylic acids is 3. The number of likely N-dealkylation sites (tertiary alicyclic amines) is 1. The van der Waals surface area contributed by atoms with E-state index >= 15 is 0 Å². The minimum absolute atomic E-state index is 0.00241. The number of methoxy groups -OCH3 is 1. The Morgan fingerprint density at radius 3 is 2.21 bits per heavy atom. The molecule has 1 saturated heterocycles. The summed E-state index contributed by atoms with van der Waals surface area (Å²) in [5.74, 6) is 0.0940. The molecule has 1 aliphatic rings. The number of nitrogens with one attached hydrogen (secondary N) is 2. The van der Waals surface area contributed by atoms with E-state index in [4.69, 9.17) is 4.74 Å². The van der Waals surface area contributed by atoms with Gasteiger partial charge in [0.15, 0.2) is 0 Å². The Balaban J connectivity index is 1.69. The fourth-order valence-electron chi connectivity index (χ4n) is 4.14. The molecule has 176 valence electrons. The summed E-state index contributed by atoms with van der Waals surface area (Å²) in [4.78, 5) is 40.6. The highest BCUT2D eigenvalue weighted by atomic mass is 16.5. The van der Waals surface area contributed by atoms with Crippen LogP contribution in [-0.4, -0.2) is 54.9 Å². The molecule has 0 spiro atoms. The molecule has 33 heavy (non-hydrogen) atoms. The van der Waals surface area contributed by atoms with Gasteiger partial charge in [-0.2, -0.15) is 0 Å². The maximum Gasteiger partial charge on any atom is 0.253 e. The van der Waals surface area contributed by atoms with E-state index < -0.39 is 6.04 Å². The first kappa shape index (κ1) is 24.3. The zero-order valence-corrected chi connectivity index (χ0v) is 19.8. The molecule has 0 bridgehead atoms. The molecule has 7 nitrogen and oxygen atoms in total. The average Bonchev–Trinajstić information content (AvgIpc) is 2.81. The van der Waals surface area contributed by atoms with Crippen molar-refractivity contribution in [3.05, 3.63) is 65.2 Å². The first-order chi connectivity index (χ1) is 15.8. The van der Waals surface area contributed by atoms with Gasteiger partial charge in [0, 0.05) is 30.3 Å². The monoisotopic (exact) mass is 451 g/mol. The zero-order valence-electron chi connectivity index (χ0n) is 19.8. The normalized spacial score (nSPS) is 15.1. The number of hydrogen-bond acceptors (Lipinski definition) is 4. The Kier molecular flexibility index (Phi) is 8.09. The molecule has 1 fully saturated rings. The van der Waals surface area contributed by atoms with Crippen LogP contribution in [0.1, 0.15) is 53.0 Å². The van der Waals surface area contributed by atoms with Gasteiger partial charge in [0.2, 0.25) is 5.91 Å². The Hall–Kier alpha value is -3.35. The number of carbonyl (C=O) groups is 3. The summed E-state index contributed by atoms with van der Waals surface area (Å²) >= 11 is 0. The molecule has 2 aromatic rings. The standard InChI is InChI=1S/C26H33N3O4/c1-17(2)27-25(31)23(28-24(30)20-8-10-22(33-4)11-9-20)19-12-14-29(15-13-19)26(32)21-7-5-6-18(3)16-21/h5-11,16-17,19,23H,12-15H2,1-4H3,(H,27,31)(H,28,30)/t23-/m0/s1. The molecule has 3 rings (SSSR count). The van der Waals surface area contributed by atoms with Crippen molar-refractivity contribution < 1.29 is 19.1 Å². The lowest BCUT2D eigenvalue weighted by molar-refractivity contribution is -0.125. The van der Waals surface area contributed by atoms with Crippen LogP contribution in [0.5, 0.6) is 5.75 Å². The molecule has 2 aromatic carbocycles. The maximum absolute atomic E-state index is 13.0. The molecule has 1 aliphatic heterocycles. The van der Waals surface area contributed by atoms with E-state index in [1.807, 2.05) is 49.9 Å². The van der Waals surface area contributed by atoms with Crippen LogP contribution < -0.4 is 15.4 Å². The lowest BCUT2D eigenvalue weighted by Gasteiger charge is -2.36. The van der Waals surface area contributed by atoms with Crippen molar-refractivity contribution in [3.8, 4) is 5.75 Å². The Labute approximate surface area is 195 Å². The van der Waals surface area contributed by atoms with Gasteiger partial charge in [0.1, 0.15) is 11.8 Å². The number of benzene rings is 2. The summed E-state index contributed by atoms with van der Waals surface area (Å²) in [6.45, 7) is 6.84. The first-order valence-electron chi connectivity index (χ1n) is 11.4. The van der Waals surface area contributed by atoms with Crippen molar-refractivity contribution in [2.75, 3.05) is 20.2 Å². The van der Waals surface area contributed by atoms with Crippen LogP contribution in [0.15, 0.2) is 48.5 Å². The van der Waals surface area contributed by atoms with Gasteiger partial charge >= 0.3 is 0 Å². The minimum Gasteiger partial charge on any atom is -0.497 e. The highest BCUT2D eigenvalue weighted by Crippen LogP contribution is 2.23. The summed E-state index contributed by atoms with van der Waals surface area (Å²) in [7, 11) is 1.57. The van der Waals surface area contributed by atoms with Gasteiger partial charge in [-0.15, -0.1) is 0 Å². The van der Waals surface area contributed by atoms with Crippen molar-refractivity contribution in [1.82, 2.24) is 15.5 Å². The topological polar surface area (TPSA) is 87.7 Å². The third-order valence-corrected chi connectivity index (χ3v) is 5.92. The average molecular weight is 452 g/mol. The second-order valence-corrected chi connectivity index (χ2v) is 8.84. The van der Waals surface area contributed by atoms with Gasteiger partial charge in [-0.05, 0) is 75.9 Å². The molecule has 0 aliphatic carbocycles. The number of rotatable bonds is 7. The van der Waals surface area contributed by atoms with Gasteiger partial charge in [-0.3, -0.25) is 14.4 Å². The number of nitrogens with zero attached hydrogens (tertiary/aromatic N) is 1. The molecule has 1 heterocycles. The van der Waals surface area contributed by atoms with Crippen LogP contribution in [0.25, 0.3) is 0 Å². The molecular weight excluding hydrogens is 418 g/mol. The predicted octanol–water partition coefficient (Wildman–Crippen LogP) is 3.18. The molecule has 1 atom stereocenters. The van der Waals surface area contributed by atoms with E-state index in [2.05, 4.69) is 10.6 Å². The third kappa shape index (κ3) is 6.34. The van der Waals surface area contributed by atoms with E-state index in [9.17, 15) is 14.4 Å². The summed E-state index contributed by atoms with van der Waals surface area (Å²) < 4.78 is 5.15. The van der Waals surface area contributed by atoms with Crippen LogP contribution in [0.4, 0.5) is 0 Å². The summed E-state index contributed by atoms with van der Waals surface area (Å²) in [6.07, 6.45) is 1.27. The first-order valence-corrected chi connectivity index (χ1v) is 11.4. The quantitative estimate of drug-likeness (QED) is 0.677. The van der Waals surface area contributed by atoms with Crippen molar-refractivity contribution in [2.24, 2.45) is 5.92 Å². The third-order valence-electron chi connectivity index (χ3n) is 5.92. The smallest absolute Gasteiger partial charge is 0.253 e. The highest BCUT2D eigenvalue weighted by Gasteiger charge is 2.34. The van der Waals surface area contributed by atoms with Crippen molar-refractivity contribution in [2.45, 2.75) is 45.7 Å².